The Hall–Kier alpha value is -5.46. The summed E-state index contributed by atoms with van der Waals surface area (Å²) in [6.07, 6.45) is 0. The zero-order chi connectivity index (χ0) is 26.6. The fourth-order valence-electron chi connectivity index (χ4n) is 9.39. The van der Waals surface area contributed by atoms with Gasteiger partial charge in [-0.3, -0.25) is 0 Å². The first-order valence-electron chi connectivity index (χ1n) is 15.0. The van der Waals surface area contributed by atoms with E-state index in [1.807, 2.05) is 0 Å². The van der Waals surface area contributed by atoms with E-state index in [9.17, 15) is 0 Å². The molecule has 0 atom stereocenters. The Morgan fingerprint density at radius 2 is 0.310 bits per heavy atom. The Bertz CT molecular complexity index is 3010. The number of hydrogen-bond donors (Lipinski definition) is 0. The summed E-state index contributed by atoms with van der Waals surface area (Å²) in [6, 6.07) is 41.4. The molecule has 0 heterocycles. The molecule has 0 amide bonds. The standard InChI is InChI=1S/C42H18/c1-3-7-21-19(5-1)23-9-11-25-27-13-15-29-31-17-18-32-30-16-14-28-26-12-10-24-20-6-2-4-8-22(20)34(24)36(26)38(28)40(30)42(32)41(31)39(29)37(27)35(25)33(21)23/h1-18H. The molecule has 13 aromatic rings. The minimum Gasteiger partial charge on any atom is -0.0616 e. The van der Waals surface area contributed by atoms with Crippen LogP contribution >= 0.6 is 0 Å². The molecule has 0 spiro atoms. The van der Waals surface area contributed by atoms with Gasteiger partial charge in [-0.1, -0.05) is 109 Å². The summed E-state index contributed by atoms with van der Waals surface area (Å²) in [5, 5.41) is 34.6. The minimum atomic E-state index is 1.40. The zero-order valence-corrected chi connectivity index (χ0v) is 22.4. The van der Waals surface area contributed by atoms with E-state index in [2.05, 4.69) is 109 Å². The molecule has 0 bridgehead atoms. The molecule has 0 heteroatoms. The highest BCUT2D eigenvalue weighted by atomic mass is 14.3. The van der Waals surface area contributed by atoms with Crippen LogP contribution in [-0.2, 0) is 0 Å². The predicted molar refractivity (Wildman–Crippen MR) is 184 cm³/mol. The van der Waals surface area contributed by atoms with Crippen molar-refractivity contribution in [3.63, 3.8) is 0 Å². The molecule has 13 aromatic carbocycles. The van der Waals surface area contributed by atoms with E-state index in [0.29, 0.717) is 0 Å². The minimum absolute atomic E-state index is 1.40. The first kappa shape index (κ1) is 19.6. The highest BCUT2D eigenvalue weighted by Crippen LogP contribution is 2.57. The molecule has 0 saturated carbocycles. The molecule has 0 aliphatic rings. The summed E-state index contributed by atoms with van der Waals surface area (Å²) in [5.74, 6) is 0. The van der Waals surface area contributed by atoms with Gasteiger partial charge < -0.3 is 0 Å². The van der Waals surface area contributed by atoms with Crippen LogP contribution < -0.4 is 0 Å². The summed E-state index contributed by atoms with van der Waals surface area (Å²) >= 11 is 0. The fourth-order valence-corrected chi connectivity index (χ4v) is 9.39. The summed E-state index contributed by atoms with van der Waals surface area (Å²) in [6.45, 7) is 0. The van der Waals surface area contributed by atoms with Crippen LogP contribution in [0.15, 0.2) is 109 Å². The summed E-state index contributed by atoms with van der Waals surface area (Å²) in [4.78, 5) is 0. The van der Waals surface area contributed by atoms with E-state index in [1.54, 1.807) is 0 Å². The van der Waals surface area contributed by atoms with Gasteiger partial charge in [0, 0.05) is 0 Å². The molecule has 0 fully saturated rings. The van der Waals surface area contributed by atoms with Crippen molar-refractivity contribution in [2.24, 2.45) is 0 Å². The van der Waals surface area contributed by atoms with Crippen LogP contribution in [-0.4, -0.2) is 0 Å². The van der Waals surface area contributed by atoms with Crippen LogP contribution in [0, 0.1) is 0 Å². The first-order chi connectivity index (χ1) is 20.9. The zero-order valence-electron chi connectivity index (χ0n) is 22.4. The molecule has 0 N–H and O–H groups in total. The van der Waals surface area contributed by atoms with Gasteiger partial charge in [0.15, 0.2) is 0 Å². The normalized spacial score (nSPS) is 13.7. The SMILES string of the molecule is c1ccc2c(c1)c1ccc3c4ccc5c6ccc7c8ccc9c%10ccc%11c%12ccccc%12c%11c%10c9c8c7c6c5c4c3c21. The second kappa shape index (κ2) is 5.93. The second-order valence-electron chi connectivity index (χ2n) is 12.6. The van der Waals surface area contributed by atoms with Crippen LogP contribution in [0.2, 0.25) is 0 Å². The largest absolute Gasteiger partial charge is 0.0616 e. The highest BCUT2D eigenvalue weighted by Gasteiger charge is 2.28. The van der Waals surface area contributed by atoms with Gasteiger partial charge in [0.05, 0.1) is 0 Å². The van der Waals surface area contributed by atoms with Gasteiger partial charge in [0.25, 0.3) is 0 Å². The molecule has 0 nitrogen and oxygen atoms in total. The Kier molecular flexibility index (Phi) is 2.77. The second-order valence-corrected chi connectivity index (χ2v) is 12.6. The lowest BCUT2D eigenvalue weighted by Gasteiger charge is -2.27. The Morgan fingerprint density at radius 3 is 0.571 bits per heavy atom. The lowest BCUT2D eigenvalue weighted by Crippen LogP contribution is -1.98. The molecule has 186 valence electrons. The van der Waals surface area contributed by atoms with Gasteiger partial charge in [-0.05, 0) is 129 Å². The maximum atomic E-state index is 2.38. The number of rotatable bonds is 0. The lowest BCUT2D eigenvalue weighted by molar-refractivity contribution is 1.80. The van der Waals surface area contributed by atoms with E-state index in [-0.39, 0.29) is 0 Å². The maximum Gasteiger partial charge on any atom is -0.000717 e. The fraction of sp³-hybridized carbons (Fsp3) is 0. The van der Waals surface area contributed by atoms with Crippen LogP contribution in [0.4, 0.5) is 0 Å². The smallest absolute Gasteiger partial charge is 0.000717 e. The predicted octanol–water partition coefficient (Wildman–Crippen LogP) is 12.2. The molecule has 0 unspecified atom stereocenters. The monoisotopic (exact) mass is 522 g/mol. The third-order valence-corrected chi connectivity index (χ3v) is 11.2. The number of hydrogen-bond acceptors (Lipinski definition) is 0. The van der Waals surface area contributed by atoms with Crippen LogP contribution in [0.3, 0.4) is 0 Å². The highest BCUT2D eigenvalue weighted by molar-refractivity contribution is 6.56. The number of fused-ring (bicyclic) bond motifs is 29. The Balaban J connectivity index is 1.24. The average Bonchev–Trinajstić information content (AvgIpc) is 3.00. The van der Waals surface area contributed by atoms with E-state index in [1.165, 1.54) is 129 Å². The van der Waals surface area contributed by atoms with Crippen molar-refractivity contribution in [1.29, 1.82) is 0 Å². The molecular formula is C42H18. The van der Waals surface area contributed by atoms with E-state index < -0.39 is 0 Å². The van der Waals surface area contributed by atoms with E-state index >= 15 is 0 Å². The quantitative estimate of drug-likeness (QED) is 0.186. The van der Waals surface area contributed by atoms with Crippen LogP contribution in [0.5, 0.6) is 0 Å². The summed E-state index contributed by atoms with van der Waals surface area (Å²) in [7, 11) is 0. The molecule has 0 aliphatic carbocycles. The van der Waals surface area contributed by atoms with E-state index in [4.69, 9.17) is 0 Å². The summed E-state index contributed by atoms with van der Waals surface area (Å²) in [5.41, 5.74) is 0. The third kappa shape index (κ3) is 1.74. The van der Waals surface area contributed by atoms with Crippen molar-refractivity contribution in [1.82, 2.24) is 0 Å². The van der Waals surface area contributed by atoms with Crippen molar-refractivity contribution in [3.05, 3.63) is 109 Å². The molecule has 13 rings (SSSR count). The molecule has 42 heavy (non-hydrogen) atoms. The number of benzene rings is 7. The van der Waals surface area contributed by atoms with Gasteiger partial charge in [0.1, 0.15) is 0 Å². The van der Waals surface area contributed by atoms with Crippen molar-refractivity contribution >= 4 is 129 Å². The van der Waals surface area contributed by atoms with E-state index in [0.717, 1.165) is 0 Å². The van der Waals surface area contributed by atoms with Crippen LogP contribution in [0.1, 0.15) is 0 Å². The maximum absolute atomic E-state index is 2.38. The van der Waals surface area contributed by atoms with Gasteiger partial charge in [-0.15, -0.1) is 0 Å². The van der Waals surface area contributed by atoms with Crippen molar-refractivity contribution in [2.45, 2.75) is 0 Å². The van der Waals surface area contributed by atoms with Gasteiger partial charge >= 0.3 is 0 Å². The van der Waals surface area contributed by atoms with Crippen molar-refractivity contribution in [2.75, 3.05) is 0 Å². The van der Waals surface area contributed by atoms with Crippen molar-refractivity contribution in [3.8, 4) is 0 Å². The van der Waals surface area contributed by atoms with Gasteiger partial charge in [0.2, 0.25) is 0 Å². The molecule has 0 aliphatic heterocycles. The van der Waals surface area contributed by atoms with Crippen molar-refractivity contribution < 1.29 is 0 Å². The molecular weight excluding hydrogens is 504 g/mol. The van der Waals surface area contributed by atoms with Gasteiger partial charge in [-0.2, -0.15) is 0 Å². The van der Waals surface area contributed by atoms with Gasteiger partial charge in [-0.25, -0.2) is 0 Å². The first-order valence-corrected chi connectivity index (χ1v) is 15.0. The Labute approximate surface area is 237 Å². The van der Waals surface area contributed by atoms with Crippen LogP contribution in [0.25, 0.3) is 129 Å². The molecule has 0 saturated heterocycles. The topological polar surface area (TPSA) is 0 Å². The third-order valence-electron chi connectivity index (χ3n) is 11.2. The average molecular weight is 523 g/mol. The summed E-state index contributed by atoms with van der Waals surface area (Å²) < 4.78 is 0. The Morgan fingerprint density at radius 1 is 0.143 bits per heavy atom. The molecule has 0 aromatic heterocycles. The lowest BCUT2D eigenvalue weighted by atomic mass is 9.75. The molecule has 0 radical (unpaired) electrons.